The van der Waals surface area contributed by atoms with Crippen LogP contribution in [0.5, 0.6) is 5.88 Å². The van der Waals surface area contributed by atoms with Crippen LogP contribution in [0.1, 0.15) is 24.0 Å². The van der Waals surface area contributed by atoms with E-state index >= 15 is 0 Å². The summed E-state index contributed by atoms with van der Waals surface area (Å²) < 4.78 is 10.5. The molecule has 3 rings (SSSR count). The van der Waals surface area contributed by atoms with Crippen LogP contribution in [0.15, 0.2) is 45.3 Å². The number of anilines is 1. The maximum absolute atomic E-state index is 12.5. The van der Waals surface area contributed by atoms with Gasteiger partial charge in [-0.2, -0.15) is 0 Å². The number of aromatic nitrogens is 2. The highest BCUT2D eigenvalue weighted by atomic mass is 16.5. The third kappa shape index (κ3) is 3.31. The van der Waals surface area contributed by atoms with Gasteiger partial charge < -0.3 is 20.1 Å². The lowest BCUT2D eigenvalue weighted by Crippen LogP contribution is -2.35. The first-order valence-electron chi connectivity index (χ1n) is 8.31. The monoisotopic (exact) mass is 372 g/mol. The molecule has 0 aliphatic carbocycles. The Balaban J connectivity index is 2.23. The fourth-order valence-electron chi connectivity index (χ4n) is 3.00. The number of carbonyl (C=O) groups excluding carboxylic acids is 1. The van der Waals surface area contributed by atoms with Crippen molar-refractivity contribution in [1.82, 2.24) is 9.97 Å². The van der Waals surface area contributed by atoms with Crippen molar-refractivity contribution in [3.63, 3.8) is 0 Å². The summed E-state index contributed by atoms with van der Waals surface area (Å²) in [6, 6.07) is 7.27. The van der Waals surface area contributed by atoms with Gasteiger partial charge in [0.2, 0.25) is 11.8 Å². The fraction of sp³-hybridized carbons (Fsp3) is 0.278. The number of nitrogens with one attached hydrogen (secondary N) is 2. The Hall–Kier alpha value is -3.49. The molecule has 9 nitrogen and oxygen atoms in total. The maximum atomic E-state index is 12.5. The predicted molar refractivity (Wildman–Crippen MR) is 98.8 cm³/mol. The molecule has 2 heterocycles. The number of carbonyl (C=O) groups is 1. The van der Waals surface area contributed by atoms with Crippen molar-refractivity contribution >= 4 is 11.7 Å². The van der Waals surface area contributed by atoms with Gasteiger partial charge >= 0.3 is 11.7 Å². The number of aromatic amines is 2. The average molecular weight is 372 g/mol. The van der Waals surface area contributed by atoms with Crippen molar-refractivity contribution in [3.05, 3.63) is 67.7 Å². The quantitative estimate of drug-likeness (QED) is 0.662. The molecule has 0 amide bonds. The zero-order valence-corrected chi connectivity index (χ0v) is 15.2. The summed E-state index contributed by atoms with van der Waals surface area (Å²) in [6.07, 6.45) is 0. The number of H-pyrrole nitrogens is 2. The van der Waals surface area contributed by atoms with Crippen molar-refractivity contribution < 1.29 is 14.3 Å². The number of hydrogen-bond donors (Lipinski definition) is 3. The first kappa shape index (κ1) is 18.3. The molecule has 0 bridgehead atoms. The molecule has 0 saturated heterocycles. The maximum Gasteiger partial charge on any atom is 0.340 e. The number of rotatable bonds is 4. The Morgan fingerprint density at radius 3 is 2.48 bits per heavy atom. The summed E-state index contributed by atoms with van der Waals surface area (Å²) in [5.41, 5.74) is 6.23. The van der Waals surface area contributed by atoms with E-state index < -0.39 is 23.1 Å². The van der Waals surface area contributed by atoms with Crippen LogP contribution in [-0.4, -0.2) is 36.6 Å². The van der Waals surface area contributed by atoms with E-state index in [1.165, 1.54) is 0 Å². The first-order chi connectivity index (χ1) is 12.8. The molecule has 1 aliphatic heterocycles. The number of esters is 1. The van der Waals surface area contributed by atoms with Gasteiger partial charge in [0.05, 0.1) is 18.1 Å². The smallest absolute Gasteiger partial charge is 0.340 e. The van der Waals surface area contributed by atoms with Gasteiger partial charge in [-0.05, 0) is 24.6 Å². The average Bonchev–Trinajstić information content (AvgIpc) is 2.60. The zero-order valence-electron chi connectivity index (χ0n) is 15.2. The molecule has 0 saturated carbocycles. The Labute approximate surface area is 154 Å². The molecule has 2 aromatic rings. The molecule has 0 radical (unpaired) electrons. The lowest BCUT2D eigenvalue weighted by molar-refractivity contribution is -0.139. The van der Waals surface area contributed by atoms with Crippen LogP contribution in [0, 0.1) is 0 Å². The Kier molecular flexibility index (Phi) is 4.76. The number of hydrogen-bond acceptors (Lipinski definition) is 7. The second kappa shape index (κ2) is 7.02. The third-order valence-corrected chi connectivity index (χ3v) is 4.24. The van der Waals surface area contributed by atoms with Gasteiger partial charge in [-0.3, -0.25) is 14.8 Å². The summed E-state index contributed by atoms with van der Waals surface area (Å²) in [4.78, 5) is 43.1. The van der Waals surface area contributed by atoms with E-state index in [1.807, 2.05) is 31.1 Å². The summed E-state index contributed by atoms with van der Waals surface area (Å²) in [7, 11) is 3.80. The molecule has 4 N–H and O–H groups in total. The van der Waals surface area contributed by atoms with Crippen LogP contribution in [-0.2, 0) is 9.53 Å². The first-order valence-corrected chi connectivity index (χ1v) is 8.31. The second-order valence-electron chi connectivity index (χ2n) is 6.17. The molecule has 0 spiro atoms. The zero-order chi connectivity index (χ0) is 19.7. The van der Waals surface area contributed by atoms with Crippen molar-refractivity contribution in [3.8, 4) is 5.88 Å². The molecular formula is C18H20N4O5. The van der Waals surface area contributed by atoms with E-state index in [-0.39, 0.29) is 29.5 Å². The SMILES string of the molecule is CCOC(=O)C1=C(N)Oc2[nH]c(=O)[nH]c(=O)c2[C@@H]1c1ccc(N(C)C)cc1. The van der Waals surface area contributed by atoms with Crippen molar-refractivity contribution in [1.29, 1.82) is 0 Å². The number of ether oxygens (including phenoxy) is 2. The molecule has 1 aromatic carbocycles. The molecule has 142 valence electrons. The third-order valence-electron chi connectivity index (χ3n) is 4.24. The van der Waals surface area contributed by atoms with Gasteiger partial charge in [0.15, 0.2) is 0 Å². The summed E-state index contributed by atoms with van der Waals surface area (Å²) in [6.45, 7) is 1.80. The Morgan fingerprint density at radius 1 is 1.22 bits per heavy atom. The van der Waals surface area contributed by atoms with Gasteiger partial charge in [0.25, 0.3) is 5.56 Å². The number of fused-ring (bicyclic) bond motifs is 1. The highest BCUT2D eigenvalue weighted by Gasteiger charge is 2.38. The van der Waals surface area contributed by atoms with Gasteiger partial charge in [0.1, 0.15) is 5.57 Å². The minimum atomic E-state index is -0.843. The highest BCUT2D eigenvalue weighted by molar-refractivity contribution is 5.92. The summed E-state index contributed by atoms with van der Waals surface area (Å²) in [5.74, 6) is -1.84. The summed E-state index contributed by atoms with van der Waals surface area (Å²) in [5, 5.41) is 0. The van der Waals surface area contributed by atoms with E-state index in [0.717, 1.165) is 5.69 Å². The molecule has 9 heteroatoms. The van der Waals surface area contributed by atoms with Crippen molar-refractivity contribution in [2.45, 2.75) is 12.8 Å². The van der Waals surface area contributed by atoms with E-state index in [1.54, 1.807) is 19.1 Å². The Morgan fingerprint density at radius 2 is 1.89 bits per heavy atom. The minimum Gasteiger partial charge on any atom is -0.462 e. The van der Waals surface area contributed by atoms with Crippen LogP contribution in [0.2, 0.25) is 0 Å². The van der Waals surface area contributed by atoms with Gasteiger partial charge in [-0.25, -0.2) is 9.59 Å². The van der Waals surface area contributed by atoms with E-state index in [4.69, 9.17) is 15.2 Å². The molecule has 27 heavy (non-hydrogen) atoms. The number of nitrogens with zero attached hydrogens (tertiary/aromatic N) is 1. The molecular weight excluding hydrogens is 352 g/mol. The van der Waals surface area contributed by atoms with Crippen molar-refractivity contribution in [2.24, 2.45) is 5.73 Å². The molecule has 0 fully saturated rings. The van der Waals surface area contributed by atoms with Gasteiger partial charge in [-0.15, -0.1) is 0 Å². The normalized spacial score (nSPS) is 15.7. The highest BCUT2D eigenvalue weighted by Crippen LogP contribution is 2.39. The van der Waals surface area contributed by atoms with Crippen LogP contribution < -0.4 is 26.6 Å². The minimum absolute atomic E-state index is 0.0134. The second-order valence-corrected chi connectivity index (χ2v) is 6.17. The van der Waals surface area contributed by atoms with Gasteiger partial charge in [-0.1, -0.05) is 12.1 Å². The number of nitrogens with two attached hydrogens (primary N) is 1. The molecule has 1 aliphatic rings. The standard InChI is InChI=1S/C18H20N4O5/c1-4-26-17(24)12-11(9-5-7-10(8-6-9)22(2)3)13-15(23)20-18(25)21-16(13)27-14(12)19/h5-8,11H,4,19H2,1-3H3,(H2,20,21,23,25)/t11-/m1/s1. The van der Waals surface area contributed by atoms with Crippen molar-refractivity contribution in [2.75, 3.05) is 25.6 Å². The summed E-state index contributed by atoms with van der Waals surface area (Å²) >= 11 is 0. The van der Waals surface area contributed by atoms with Crippen LogP contribution in [0.4, 0.5) is 5.69 Å². The van der Waals surface area contributed by atoms with Crippen LogP contribution >= 0.6 is 0 Å². The predicted octanol–water partition coefficient (Wildman–Crippen LogP) is 0.387. The van der Waals surface area contributed by atoms with Gasteiger partial charge in [0, 0.05) is 19.8 Å². The molecule has 0 unspecified atom stereocenters. The molecule has 1 atom stereocenters. The Bertz CT molecular complexity index is 1020. The largest absolute Gasteiger partial charge is 0.462 e. The molecule has 1 aromatic heterocycles. The van der Waals surface area contributed by atoms with E-state index in [0.29, 0.717) is 5.56 Å². The van der Waals surface area contributed by atoms with E-state index in [9.17, 15) is 14.4 Å². The van der Waals surface area contributed by atoms with E-state index in [2.05, 4.69) is 9.97 Å². The lowest BCUT2D eigenvalue weighted by Gasteiger charge is -2.27. The van der Waals surface area contributed by atoms with Crippen LogP contribution in [0.25, 0.3) is 0 Å². The lowest BCUT2D eigenvalue weighted by atomic mass is 9.84. The number of benzene rings is 1. The van der Waals surface area contributed by atoms with Crippen LogP contribution in [0.3, 0.4) is 0 Å². The fourth-order valence-corrected chi connectivity index (χ4v) is 3.00. The topological polar surface area (TPSA) is 131 Å².